The fourth-order valence-corrected chi connectivity index (χ4v) is 3.15. The van der Waals surface area contributed by atoms with Crippen LogP contribution < -0.4 is 5.32 Å². The molecular formula is C16H22N6O. The van der Waals surface area contributed by atoms with Gasteiger partial charge >= 0.3 is 0 Å². The van der Waals surface area contributed by atoms with Gasteiger partial charge in [-0.2, -0.15) is 0 Å². The molecule has 1 N–H and O–H groups in total. The average molecular weight is 314 g/mol. The fraction of sp³-hybridized carbons (Fsp3) is 0.500. The zero-order valence-corrected chi connectivity index (χ0v) is 13.6. The molecule has 2 aromatic rings. The van der Waals surface area contributed by atoms with Gasteiger partial charge in [0.1, 0.15) is 18.5 Å². The minimum Gasteiger partial charge on any atom is -0.350 e. The van der Waals surface area contributed by atoms with Gasteiger partial charge in [-0.15, -0.1) is 10.2 Å². The van der Waals surface area contributed by atoms with Crippen LogP contribution in [0.25, 0.3) is 5.82 Å². The van der Waals surface area contributed by atoms with Crippen molar-refractivity contribution in [3.05, 3.63) is 36.5 Å². The van der Waals surface area contributed by atoms with Crippen molar-refractivity contribution in [2.24, 2.45) is 0 Å². The van der Waals surface area contributed by atoms with Gasteiger partial charge in [0.05, 0.1) is 5.56 Å². The predicted octanol–water partition coefficient (Wildman–Crippen LogP) is 1.27. The summed E-state index contributed by atoms with van der Waals surface area (Å²) in [5.74, 6) is 0.605. The van der Waals surface area contributed by atoms with Gasteiger partial charge in [-0.05, 0) is 39.1 Å². The van der Waals surface area contributed by atoms with Crippen LogP contribution in [0.4, 0.5) is 0 Å². The van der Waals surface area contributed by atoms with Crippen molar-refractivity contribution in [2.45, 2.75) is 31.2 Å². The minimum absolute atomic E-state index is 0.0825. The van der Waals surface area contributed by atoms with Gasteiger partial charge < -0.3 is 10.2 Å². The highest BCUT2D eigenvalue weighted by Gasteiger charge is 2.36. The van der Waals surface area contributed by atoms with Crippen LogP contribution in [0.2, 0.25) is 0 Å². The maximum absolute atomic E-state index is 12.4. The molecule has 0 saturated heterocycles. The van der Waals surface area contributed by atoms with Crippen LogP contribution in [0.3, 0.4) is 0 Å². The molecule has 7 heteroatoms. The second-order valence-corrected chi connectivity index (χ2v) is 6.28. The van der Waals surface area contributed by atoms with E-state index in [1.165, 1.54) is 12.8 Å². The Kier molecular flexibility index (Phi) is 4.38. The third-order valence-corrected chi connectivity index (χ3v) is 4.75. The molecule has 2 aromatic heterocycles. The quantitative estimate of drug-likeness (QED) is 0.899. The topological polar surface area (TPSA) is 75.9 Å². The van der Waals surface area contributed by atoms with Gasteiger partial charge in [-0.25, -0.2) is 4.98 Å². The van der Waals surface area contributed by atoms with Crippen molar-refractivity contribution in [1.29, 1.82) is 0 Å². The first-order chi connectivity index (χ1) is 11.1. The van der Waals surface area contributed by atoms with Crippen molar-refractivity contribution in [3.63, 3.8) is 0 Å². The lowest BCUT2D eigenvalue weighted by atomic mass is 9.96. The van der Waals surface area contributed by atoms with E-state index in [0.29, 0.717) is 17.9 Å². The number of aromatic nitrogens is 4. The lowest BCUT2D eigenvalue weighted by molar-refractivity contribution is 0.0899. The van der Waals surface area contributed by atoms with Gasteiger partial charge in [-0.3, -0.25) is 9.36 Å². The number of rotatable bonds is 5. The zero-order valence-electron chi connectivity index (χ0n) is 13.6. The molecule has 0 aliphatic heterocycles. The van der Waals surface area contributed by atoms with E-state index in [9.17, 15) is 4.79 Å². The Labute approximate surface area is 135 Å². The highest BCUT2D eigenvalue weighted by Crippen LogP contribution is 2.33. The van der Waals surface area contributed by atoms with E-state index in [4.69, 9.17) is 0 Å². The molecule has 23 heavy (non-hydrogen) atoms. The first-order valence-corrected chi connectivity index (χ1v) is 7.87. The first-order valence-electron chi connectivity index (χ1n) is 7.87. The summed E-state index contributed by atoms with van der Waals surface area (Å²) in [5, 5.41) is 10.6. The smallest absolute Gasteiger partial charge is 0.252 e. The SMILES string of the molecule is CN(C)C1(CNC(=O)c2ccc(-n3cnnc3)nc2)CCCC1. The molecule has 0 bridgehead atoms. The van der Waals surface area contributed by atoms with Gasteiger partial charge in [0.2, 0.25) is 0 Å². The summed E-state index contributed by atoms with van der Waals surface area (Å²) in [6, 6.07) is 3.56. The summed E-state index contributed by atoms with van der Waals surface area (Å²) < 4.78 is 1.70. The number of carbonyl (C=O) groups is 1. The Morgan fingerprint density at radius 2 is 1.96 bits per heavy atom. The molecule has 122 valence electrons. The minimum atomic E-state index is -0.0825. The number of amides is 1. The van der Waals surface area contributed by atoms with E-state index in [1.807, 2.05) is 0 Å². The monoisotopic (exact) mass is 314 g/mol. The summed E-state index contributed by atoms with van der Waals surface area (Å²) in [5.41, 5.74) is 0.652. The molecule has 0 radical (unpaired) electrons. The van der Waals surface area contributed by atoms with Gasteiger partial charge in [0.25, 0.3) is 5.91 Å². The van der Waals surface area contributed by atoms with Crippen molar-refractivity contribution in [3.8, 4) is 5.82 Å². The molecule has 0 unspecified atom stereocenters. The Bertz CT molecular complexity index is 644. The van der Waals surface area contributed by atoms with Gasteiger partial charge in [-0.1, -0.05) is 12.8 Å². The van der Waals surface area contributed by atoms with Crippen molar-refractivity contribution < 1.29 is 4.79 Å². The van der Waals surface area contributed by atoms with E-state index in [2.05, 4.69) is 39.5 Å². The fourth-order valence-electron chi connectivity index (χ4n) is 3.15. The molecule has 0 aromatic carbocycles. The van der Waals surface area contributed by atoms with E-state index in [0.717, 1.165) is 12.8 Å². The lowest BCUT2D eigenvalue weighted by Gasteiger charge is -2.36. The molecule has 7 nitrogen and oxygen atoms in total. The molecule has 0 atom stereocenters. The second-order valence-electron chi connectivity index (χ2n) is 6.28. The van der Waals surface area contributed by atoms with Crippen LogP contribution in [0.15, 0.2) is 31.0 Å². The third kappa shape index (κ3) is 3.24. The summed E-state index contributed by atoms with van der Waals surface area (Å²) in [6.07, 6.45) is 9.44. The van der Waals surface area contributed by atoms with Crippen LogP contribution >= 0.6 is 0 Å². The first kappa shape index (κ1) is 15.6. The van der Waals surface area contributed by atoms with E-state index in [-0.39, 0.29) is 11.4 Å². The maximum atomic E-state index is 12.4. The van der Waals surface area contributed by atoms with Crippen LogP contribution in [0.5, 0.6) is 0 Å². The number of likely N-dealkylation sites (N-methyl/N-ethyl adjacent to an activating group) is 1. The standard InChI is InChI=1S/C16H22N6O/c1-21(2)16(7-3-4-8-16)10-18-15(23)13-5-6-14(17-9-13)22-11-19-20-12-22/h5-6,9,11-12H,3-4,7-8,10H2,1-2H3,(H,18,23). The van der Waals surface area contributed by atoms with Crippen LogP contribution in [-0.4, -0.2) is 56.7 Å². The molecule has 3 rings (SSSR count). The van der Waals surface area contributed by atoms with Crippen LogP contribution in [0.1, 0.15) is 36.0 Å². The summed E-state index contributed by atoms with van der Waals surface area (Å²) >= 11 is 0. The summed E-state index contributed by atoms with van der Waals surface area (Å²) in [7, 11) is 4.18. The van der Waals surface area contributed by atoms with Crippen LogP contribution in [-0.2, 0) is 0 Å². The number of nitrogens with one attached hydrogen (secondary N) is 1. The highest BCUT2D eigenvalue weighted by molar-refractivity contribution is 5.94. The number of nitrogens with zero attached hydrogens (tertiary/aromatic N) is 5. The molecule has 1 amide bonds. The molecular weight excluding hydrogens is 292 g/mol. The highest BCUT2D eigenvalue weighted by atomic mass is 16.1. The van der Waals surface area contributed by atoms with Gasteiger partial charge in [0.15, 0.2) is 0 Å². The van der Waals surface area contributed by atoms with E-state index < -0.39 is 0 Å². The van der Waals surface area contributed by atoms with E-state index in [1.54, 1.807) is 35.6 Å². The molecule has 1 fully saturated rings. The van der Waals surface area contributed by atoms with Crippen molar-refractivity contribution >= 4 is 5.91 Å². The molecule has 1 aliphatic carbocycles. The normalized spacial score (nSPS) is 16.7. The molecule has 2 heterocycles. The molecule has 1 aliphatic rings. The van der Waals surface area contributed by atoms with Crippen molar-refractivity contribution in [2.75, 3.05) is 20.6 Å². The summed E-state index contributed by atoms with van der Waals surface area (Å²) in [6.45, 7) is 0.673. The second kappa shape index (κ2) is 6.45. The lowest BCUT2D eigenvalue weighted by Crippen LogP contribution is -2.50. The predicted molar refractivity (Wildman–Crippen MR) is 86.4 cm³/mol. The molecule has 0 spiro atoms. The molecule has 1 saturated carbocycles. The number of hydrogen-bond acceptors (Lipinski definition) is 5. The third-order valence-electron chi connectivity index (χ3n) is 4.75. The Balaban J connectivity index is 1.64. The number of carbonyl (C=O) groups excluding carboxylic acids is 1. The van der Waals surface area contributed by atoms with Crippen LogP contribution in [0, 0.1) is 0 Å². The van der Waals surface area contributed by atoms with Crippen molar-refractivity contribution in [1.82, 2.24) is 30.0 Å². The van der Waals surface area contributed by atoms with Gasteiger partial charge in [0, 0.05) is 18.3 Å². The zero-order chi connectivity index (χ0) is 16.3. The maximum Gasteiger partial charge on any atom is 0.252 e. The van der Waals surface area contributed by atoms with E-state index >= 15 is 0 Å². The Morgan fingerprint density at radius 1 is 1.26 bits per heavy atom. The number of pyridine rings is 1. The summed E-state index contributed by atoms with van der Waals surface area (Å²) in [4.78, 5) is 18.9. The number of hydrogen-bond donors (Lipinski definition) is 1. The average Bonchev–Trinajstić information content (AvgIpc) is 3.25. The largest absolute Gasteiger partial charge is 0.350 e. The Hall–Kier alpha value is -2.28. The Morgan fingerprint density at radius 3 is 2.52 bits per heavy atom.